The quantitative estimate of drug-likeness (QED) is 0.214. The van der Waals surface area contributed by atoms with Crippen LogP contribution < -0.4 is 0 Å². The first kappa shape index (κ1) is 25.1. The van der Waals surface area contributed by atoms with Crippen molar-refractivity contribution in [1.82, 2.24) is 0 Å². The molecule has 5 heteroatoms. The first-order chi connectivity index (χ1) is 21.7. The second-order valence-corrected chi connectivity index (χ2v) is 10.6. The van der Waals surface area contributed by atoms with Gasteiger partial charge in [0, 0.05) is 38.2 Å². The van der Waals surface area contributed by atoms with Gasteiger partial charge in [0.15, 0.2) is 0 Å². The molecule has 0 aliphatic carbocycles. The third kappa shape index (κ3) is 3.77. The summed E-state index contributed by atoms with van der Waals surface area (Å²) in [5, 5.41) is 34.7. The van der Waals surface area contributed by atoms with Gasteiger partial charge in [-0.25, -0.2) is 0 Å². The van der Waals surface area contributed by atoms with Gasteiger partial charge in [-0.1, -0.05) is 54.6 Å². The van der Waals surface area contributed by atoms with Crippen molar-refractivity contribution in [3.63, 3.8) is 0 Å². The van der Waals surface area contributed by atoms with Crippen LogP contribution in [0, 0.1) is 34.0 Å². The summed E-state index contributed by atoms with van der Waals surface area (Å²) < 4.78 is 12.1. The van der Waals surface area contributed by atoms with Crippen molar-refractivity contribution in [2.75, 3.05) is 0 Å². The summed E-state index contributed by atoms with van der Waals surface area (Å²) in [4.78, 5) is 0. The van der Waals surface area contributed by atoms with E-state index in [9.17, 15) is 15.8 Å². The van der Waals surface area contributed by atoms with Crippen molar-refractivity contribution in [2.45, 2.75) is 0 Å². The highest BCUT2D eigenvalue weighted by atomic mass is 16.3. The molecule has 0 radical (unpaired) electrons. The van der Waals surface area contributed by atoms with E-state index in [4.69, 9.17) is 8.83 Å². The van der Waals surface area contributed by atoms with E-state index < -0.39 is 0 Å². The fourth-order valence-electron chi connectivity index (χ4n) is 6.18. The fraction of sp³-hybridized carbons (Fsp3) is 0. The van der Waals surface area contributed by atoms with Crippen molar-refractivity contribution in [1.29, 1.82) is 15.8 Å². The first-order valence-corrected chi connectivity index (χ1v) is 14.0. The van der Waals surface area contributed by atoms with Crippen LogP contribution >= 0.6 is 0 Å². The maximum Gasteiger partial charge on any atom is 0.135 e. The van der Waals surface area contributed by atoms with Crippen LogP contribution in [0.3, 0.4) is 0 Å². The Morgan fingerprint density at radius 3 is 1.52 bits per heavy atom. The Hall–Kier alpha value is -6.61. The van der Waals surface area contributed by atoms with E-state index in [2.05, 4.69) is 24.3 Å². The van der Waals surface area contributed by atoms with Gasteiger partial charge >= 0.3 is 0 Å². The second-order valence-electron chi connectivity index (χ2n) is 10.6. The highest BCUT2D eigenvalue weighted by Gasteiger charge is 2.21. The minimum Gasteiger partial charge on any atom is -0.456 e. The number of fused-ring (bicyclic) bond motifs is 6. The smallest absolute Gasteiger partial charge is 0.135 e. The van der Waals surface area contributed by atoms with Crippen LogP contribution in [0.15, 0.2) is 124 Å². The summed E-state index contributed by atoms with van der Waals surface area (Å²) in [5.74, 6) is 0. The summed E-state index contributed by atoms with van der Waals surface area (Å²) in [6, 6.07) is 43.6. The lowest BCUT2D eigenvalue weighted by Crippen LogP contribution is -1.97. The van der Waals surface area contributed by atoms with Crippen LogP contribution in [0.25, 0.3) is 77.3 Å². The lowest BCUT2D eigenvalue weighted by Gasteiger charge is -2.16. The van der Waals surface area contributed by atoms with Gasteiger partial charge in [0.25, 0.3) is 0 Å². The number of benzene rings is 6. The Labute approximate surface area is 251 Å². The van der Waals surface area contributed by atoms with Crippen LogP contribution in [0.1, 0.15) is 16.7 Å². The molecule has 0 bridgehead atoms. The average molecular weight is 562 g/mol. The normalized spacial score (nSPS) is 11.1. The zero-order valence-corrected chi connectivity index (χ0v) is 23.1. The molecule has 0 aliphatic rings. The molecule has 0 amide bonds. The molecule has 0 unspecified atom stereocenters. The number of nitrogens with zero attached hydrogens (tertiary/aromatic N) is 3. The number of hydrogen-bond donors (Lipinski definition) is 0. The molecule has 5 nitrogen and oxygen atoms in total. The van der Waals surface area contributed by atoms with E-state index in [1.807, 2.05) is 91.0 Å². The molecular formula is C39H19N3O2. The van der Waals surface area contributed by atoms with Gasteiger partial charge in [-0.3, -0.25) is 0 Å². The summed E-state index contributed by atoms with van der Waals surface area (Å²) >= 11 is 0. The van der Waals surface area contributed by atoms with Crippen molar-refractivity contribution >= 4 is 43.9 Å². The van der Waals surface area contributed by atoms with E-state index in [-0.39, 0.29) is 0 Å². The van der Waals surface area contributed by atoms with Gasteiger partial charge in [0.1, 0.15) is 28.4 Å². The van der Waals surface area contributed by atoms with Gasteiger partial charge in [0.2, 0.25) is 0 Å². The van der Waals surface area contributed by atoms with Crippen molar-refractivity contribution in [3.05, 3.63) is 132 Å². The Bertz CT molecular complexity index is 2570. The van der Waals surface area contributed by atoms with E-state index in [0.717, 1.165) is 60.6 Å². The summed E-state index contributed by atoms with van der Waals surface area (Å²) in [7, 11) is 0. The van der Waals surface area contributed by atoms with E-state index >= 15 is 0 Å². The average Bonchev–Trinajstić information content (AvgIpc) is 3.64. The molecule has 202 valence electrons. The van der Waals surface area contributed by atoms with Gasteiger partial charge in [-0.05, 0) is 77.4 Å². The summed E-state index contributed by atoms with van der Waals surface area (Å²) in [6.45, 7) is 0. The summed E-state index contributed by atoms with van der Waals surface area (Å²) in [6.07, 6.45) is 0. The van der Waals surface area contributed by atoms with Gasteiger partial charge in [-0.2, -0.15) is 15.8 Å². The molecule has 0 spiro atoms. The second kappa shape index (κ2) is 9.74. The predicted molar refractivity (Wildman–Crippen MR) is 171 cm³/mol. The molecule has 0 fully saturated rings. The number of nitriles is 3. The third-order valence-corrected chi connectivity index (χ3v) is 8.22. The molecule has 0 atom stereocenters. The van der Waals surface area contributed by atoms with E-state index in [1.165, 1.54) is 0 Å². The predicted octanol–water partition coefficient (Wildman–Crippen LogP) is 10.1. The van der Waals surface area contributed by atoms with Crippen LogP contribution in [0.2, 0.25) is 0 Å². The monoisotopic (exact) mass is 561 g/mol. The molecule has 2 aromatic heterocycles. The van der Waals surface area contributed by atoms with E-state index in [0.29, 0.717) is 33.4 Å². The largest absolute Gasteiger partial charge is 0.456 e. The molecule has 2 heterocycles. The van der Waals surface area contributed by atoms with E-state index in [1.54, 1.807) is 18.2 Å². The van der Waals surface area contributed by atoms with Gasteiger partial charge in [0.05, 0.1) is 28.8 Å². The van der Waals surface area contributed by atoms with Crippen molar-refractivity contribution in [2.24, 2.45) is 0 Å². The Balaban J connectivity index is 1.45. The standard InChI is InChI=1S/C39H19N3O2/c40-20-25-6-5-7-26(21-41)39(25)33-19-27(23-12-14-37-31(16-23)28-8-1-3-10-35(28)43-37)18-30(34(33)22-42)24-13-15-38-32(17-24)29-9-2-4-11-36(29)44-38/h1-19H. The zero-order chi connectivity index (χ0) is 29.8. The molecule has 0 saturated carbocycles. The molecule has 0 aliphatic heterocycles. The Kier molecular flexibility index (Phi) is 5.56. The SMILES string of the molecule is N#Cc1cccc(C#N)c1-c1cc(-c2ccc3oc4ccccc4c3c2)cc(-c2ccc3oc4ccccc4c3c2)c1C#N. The molecular weight excluding hydrogens is 542 g/mol. The Morgan fingerprint density at radius 2 is 0.932 bits per heavy atom. The number of rotatable bonds is 3. The number of hydrogen-bond acceptors (Lipinski definition) is 5. The highest BCUT2D eigenvalue weighted by Crippen LogP contribution is 2.42. The van der Waals surface area contributed by atoms with Crippen LogP contribution in [0.5, 0.6) is 0 Å². The van der Waals surface area contributed by atoms with Crippen LogP contribution in [0.4, 0.5) is 0 Å². The molecule has 0 saturated heterocycles. The Morgan fingerprint density at radius 1 is 0.409 bits per heavy atom. The first-order valence-electron chi connectivity index (χ1n) is 14.0. The lowest BCUT2D eigenvalue weighted by molar-refractivity contribution is 0.668. The van der Waals surface area contributed by atoms with Gasteiger partial charge in [-0.15, -0.1) is 0 Å². The zero-order valence-electron chi connectivity index (χ0n) is 23.1. The maximum atomic E-state index is 10.6. The third-order valence-electron chi connectivity index (χ3n) is 8.22. The van der Waals surface area contributed by atoms with Crippen molar-refractivity contribution in [3.8, 4) is 51.6 Å². The fourth-order valence-corrected chi connectivity index (χ4v) is 6.18. The maximum absolute atomic E-state index is 10.6. The molecule has 8 aromatic rings. The topological polar surface area (TPSA) is 97.7 Å². The lowest BCUT2D eigenvalue weighted by atomic mass is 9.85. The minimum absolute atomic E-state index is 0.330. The highest BCUT2D eigenvalue weighted by molar-refractivity contribution is 6.08. The van der Waals surface area contributed by atoms with Crippen molar-refractivity contribution < 1.29 is 8.83 Å². The number of furan rings is 2. The summed E-state index contributed by atoms with van der Waals surface area (Å²) in [5.41, 5.74) is 8.43. The van der Waals surface area contributed by atoms with Crippen LogP contribution in [-0.4, -0.2) is 0 Å². The molecule has 44 heavy (non-hydrogen) atoms. The van der Waals surface area contributed by atoms with Gasteiger partial charge < -0.3 is 8.83 Å². The minimum atomic E-state index is 0.330. The molecule has 0 N–H and O–H groups in total. The van der Waals surface area contributed by atoms with Crippen LogP contribution in [-0.2, 0) is 0 Å². The number of para-hydroxylation sites is 2. The molecule has 6 aromatic carbocycles. The molecule has 8 rings (SSSR count).